The van der Waals surface area contributed by atoms with E-state index < -0.39 is 5.91 Å². The van der Waals surface area contributed by atoms with E-state index in [2.05, 4.69) is 35.8 Å². The predicted octanol–water partition coefficient (Wildman–Crippen LogP) is 0.0752. The summed E-state index contributed by atoms with van der Waals surface area (Å²) in [5.41, 5.74) is 9.29. The molecule has 2 aromatic heterocycles. The van der Waals surface area contributed by atoms with Crippen LogP contribution in [0.5, 0.6) is 11.5 Å². The highest BCUT2D eigenvalue weighted by Crippen LogP contribution is 2.22. The number of hydrogen-bond acceptors (Lipinski definition) is 11. The van der Waals surface area contributed by atoms with E-state index in [1.54, 1.807) is 25.3 Å². The summed E-state index contributed by atoms with van der Waals surface area (Å²) in [5.74, 6) is 0.796. The topological polar surface area (TPSA) is 159 Å². The third-order valence-corrected chi connectivity index (χ3v) is 3.95. The van der Waals surface area contributed by atoms with Crippen LogP contribution < -0.4 is 20.6 Å². The quantitative estimate of drug-likeness (QED) is 0.381. The molecule has 0 unspecified atom stereocenters. The number of aromatic nitrogens is 5. The molecular formula is C17H21N9O4. The lowest BCUT2D eigenvalue weighted by molar-refractivity contribution is 0.0948. The van der Waals surface area contributed by atoms with Crippen LogP contribution in [-0.4, -0.2) is 70.6 Å². The molecule has 0 atom stereocenters. The molecule has 13 nitrogen and oxygen atoms in total. The summed E-state index contributed by atoms with van der Waals surface area (Å²) in [6.07, 6.45) is 1.44. The molecule has 0 fully saturated rings. The number of nitrogens with two attached hydrogens (primary N) is 1. The van der Waals surface area contributed by atoms with Crippen molar-refractivity contribution in [3.63, 3.8) is 0 Å². The van der Waals surface area contributed by atoms with Gasteiger partial charge >= 0.3 is 0 Å². The summed E-state index contributed by atoms with van der Waals surface area (Å²) >= 11 is 0. The molecule has 0 aliphatic rings. The zero-order valence-corrected chi connectivity index (χ0v) is 16.9. The third kappa shape index (κ3) is 4.35. The lowest BCUT2D eigenvalue weighted by atomic mass is 10.2. The van der Waals surface area contributed by atoms with Crippen LogP contribution in [0.25, 0.3) is 5.82 Å². The molecule has 1 aromatic carbocycles. The van der Waals surface area contributed by atoms with E-state index in [0.717, 1.165) is 0 Å². The normalized spacial score (nSPS) is 11.2. The Morgan fingerprint density at radius 1 is 1.33 bits per heavy atom. The zero-order chi connectivity index (χ0) is 21.7. The number of methoxy groups -OCH3 is 2. The number of nitrogen functional groups attached to an aromatic ring is 1. The highest BCUT2D eigenvalue weighted by Gasteiger charge is 2.24. The van der Waals surface area contributed by atoms with Gasteiger partial charge in [0.15, 0.2) is 5.69 Å². The minimum Gasteiger partial charge on any atom is -0.497 e. The van der Waals surface area contributed by atoms with Gasteiger partial charge in [0.05, 0.1) is 26.1 Å². The number of ether oxygens (including phenoxy) is 2. The maximum Gasteiger partial charge on any atom is 0.293 e. The highest BCUT2D eigenvalue weighted by atomic mass is 16.6. The van der Waals surface area contributed by atoms with E-state index in [0.29, 0.717) is 29.3 Å². The molecule has 0 saturated heterocycles. The summed E-state index contributed by atoms with van der Waals surface area (Å²) in [7, 11) is 6.75. The first kappa shape index (κ1) is 20.7. The van der Waals surface area contributed by atoms with Crippen LogP contribution in [-0.2, 0) is 6.54 Å². The Morgan fingerprint density at radius 2 is 2.13 bits per heavy atom. The molecule has 0 aliphatic heterocycles. The van der Waals surface area contributed by atoms with Crippen LogP contribution in [0.4, 0.5) is 5.82 Å². The lowest BCUT2D eigenvalue weighted by Crippen LogP contribution is -2.23. The van der Waals surface area contributed by atoms with E-state index in [-0.39, 0.29) is 17.3 Å². The van der Waals surface area contributed by atoms with Gasteiger partial charge in [0.2, 0.25) is 11.6 Å². The number of rotatable bonds is 8. The average Bonchev–Trinajstić information content (AvgIpc) is 3.33. The Hall–Kier alpha value is -4.00. The van der Waals surface area contributed by atoms with Gasteiger partial charge in [0, 0.05) is 12.1 Å². The molecule has 0 radical (unpaired) electrons. The number of nitrogens with zero attached hydrogens (tertiary/aromatic N) is 7. The SMILES string of the molecule is COc1ccc(OC)c(/C=N\NC(=O)c2nnn(-c3nonc3N)c2CN(C)C)c1. The maximum atomic E-state index is 12.7. The third-order valence-electron chi connectivity index (χ3n) is 3.95. The molecule has 0 bridgehead atoms. The molecule has 3 N–H and O–H groups in total. The van der Waals surface area contributed by atoms with Gasteiger partial charge in [-0.2, -0.15) is 9.78 Å². The number of nitrogens with one attached hydrogen (secondary N) is 1. The van der Waals surface area contributed by atoms with E-state index in [1.807, 2.05) is 19.0 Å². The molecule has 0 aliphatic carbocycles. The zero-order valence-electron chi connectivity index (χ0n) is 16.9. The lowest BCUT2D eigenvalue weighted by Gasteiger charge is -2.11. The van der Waals surface area contributed by atoms with Gasteiger partial charge in [-0.05, 0) is 42.6 Å². The fourth-order valence-corrected chi connectivity index (χ4v) is 2.58. The Labute approximate surface area is 171 Å². The predicted molar refractivity (Wildman–Crippen MR) is 106 cm³/mol. The Kier molecular flexibility index (Phi) is 6.22. The summed E-state index contributed by atoms with van der Waals surface area (Å²) < 4.78 is 16.4. The summed E-state index contributed by atoms with van der Waals surface area (Å²) in [4.78, 5) is 14.5. The Bertz CT molecular complexity index is 1060. The number of amides is 1. The van der Waals surface area contributed by atoms with E-state index in [1.165, 1.54) is 18.0 Å². The van der Waals surface area contributed by atoms with Crippen LogP contribution in [0.3, 0.4) is 0 Å². The summed E-state index contributed by atoms with van der Waals surface area (Å²) in [5, 5.41) is 19.1. The van der Waals surface area contributed by atoms with Gasteiger partial charge in [-0.15, -0.1) is 5.10 Å². The van der Waals surface area contributed by atoms with Gasteiger partial charge in [0.25, 0.3) is 5.91 Å². The highest BCUT2D eigenvalue weighted by molar-refractivity contribution is 5.94. The van der Waals surface area contributed by atoms with Gasteiger partial charge in [-0.3, -0.25) is 4.79 Å². The standard InChI is InChI=1S/C17H21N9O4/c1-25(2)9-12-14(20-24-26(12)16-15(18)22-30-23-16)17(27)21-19-8-10-7-11(28-3)5-6-13(10)29-4/h5-8H,9H2,1-4H3,(H2,18,22)(H,21,27)/b19-8-. The Balaban J connectivity index is 1.85. The van der Waals surface area contributed by atoms with Crippen LogP contribution >= 0.6 is 0 Å². The van der Waals surface area contributed by atoms with Crippen molar-refractivity contribution in [3.8, 4) is 17.3 Å². The van der Waals surface area contributed by atoms with Crippen LogP contribution in [0, 0.1) is 0 Å². The molecule has 2 heterocycles. The van der Waals surface area contributed by atoms with Crippen molar-refractivity contribution in [1.82, 2.24) is 35.6 Å². The summed E-state index contributed by atoms with van der Waals surface area (Å²) in [6, 6.07) is 5.22. The van der Waals surface area contributed by atoms with E-state index >= 15 is 0 Å². The number of carbonyl (C=O) groups is 1. The molecule has 3 aromatic rings. The number of anilines is 1. The fraction of sp³-hybridized carbons (Fsp3) is 0.294. The van der Waals surface area contributed by atoms with Crippen molar-refractivity contribution in [2.75, 3.05) is 34.0 Å². The largest absolute Gasteiger partial charge is 0.497 e. The number of benzene rings is 1. The first-order valence-electron chi connectivity index (χ1n) is 8.67. The average molecular weight is 415 g/mol. The van der Waals surface area contributed by atoms with E-state index in [4.69, 9.17) is 15.2 Å². The van der Waals surface area contributed by atoms with Gasteiger partial charge in [-0.1, -0.05) is 5.21 Å². The molecule has 0 saturated carbocycles. The maximum absolute atomic E-state index is 12.7. The van der Waals surface area contributed by atoms with Gasteiger partial charge in [0.1, 0.15) is 11.5 Å². The van der Waals surface area contributed by atoms with Crippen LogP contribution in [0.2, 0.25) is 0 Å². The first-order valence-corrected chi connectivity index (χ1v) is 8.67. The van der Waals surface area contributed by atoms with Crippen molar-refractivity contribution in [1.29, 1.82) is 0 Å². The number of hydrazone groups is 1. The molecule has 158 valence electrons. The fourth-order valence-electron chi connectivity index (χ4n) is 2.58. The van der Waals surface area contributed by atoms with Crippen LogP contribution in [0.15, 0.2) is 27.9 Å². The minimum absolute atomic E-state index is 0.0232. The Morgan fingerprint density at radius 3 is 2.77 bits per heavy atom. The van der Waals surface area contributed by atoms with Gasteiger partial charge < -0.3 is 20.1 Å². The van der Waals surface area contributed by atoms with Crippen molar-refractivity contribution in [2.24, 2.45) is 5.10 Å². The summed E-state index contributed by atoms with van der Waals surface area (Å²) in [6.45, 7) is 0.329. The molecule has 3 rings (SSSR count). The molecule has 13 heteroatoms. The molecule has 30 heavy (non-hydrogen) atoms. The van der Waals surface area contributed by atoms with Crippen LogP contribution in [0.1, 0.15) is 21.7 Å². The molecular weight excluding hydrogens is 394 g/mol. The van der Waals surface area contributed by atoms with Crippen molar-refractivity contribution in [3.05, 3.63) is 35.2 Å². The smallest absolute Gasteiger partial charge is 0.293 e. The van der Waals surface area contributed by atoms with Crippen molar-refractivity contribution >= 4 is 17.9 Å². The number of hydrogen-bond donors (Lipinski definition) is 2. The monoisotopic (exact) mass is 415 g/mol. The van der Waals surface area contributed by atoms with E-state index in [9.17, 15) is 4.79 Å². The molecule has 0 spiro atoms. The first-order chi connectivity index (χ1) is 14.4. The molecule has 1 amide bonds. The van der Waals surface area contributed by atoms with Gasteiger partial charge in [-0.25, -0.2) is 10.1 Å². The second kappa shape index (κ2) is 9.00. The second-order valence-electron chi connectivity index (χ2n) is 6.31. The second-order valence-corrected chi connectivity index (χ2v) is 6.31. The van der Waals surface area contributed by atoms with Crippen molar-refractivity contribution in [2.45, 2.75) is 6.54 Å². The number of carbonyl (C=O) groups excluding carboxylic acids is 1. The van der Waals surface area contributed by atoms with Crippen molar-refractivity contribution < 1.29 is 18.9 Å². The minimum atomic E-state index is -0.564.